The SMILES string of the molecule is CCCNCC(=O)NCc1ccc(C)cc1. The van der Waals surface area contributed by atoms with Gasteiger partial charge in [0.05, 0.1) is 6.54 Å². The molecule has 0 radical (unpaired) electrons. The lowest BCUT2D eigenvalue weighted by Crippen LogP contribution is -2.33. The second-order valence-corrected chi connectivity index (χ2v) is 3.94. The number of benzene rings is 1. The fourth-order valence-corrected chi connectivity index (χ4v) is 1.35. The largest absolute Gasteiger partial charge is 0.351 e. The van der Waals surface area contributed by atoms with Gasteiger partial charge in [-0.1, -0.05) is 36.8 Å². The number of amides is 1. The standard InChI is InChI=1S/C13H20N2O/c1-3-8-14-10-13(16)15-9-12-6-4-11(2)5-7-12/h4-7,14H,3,8-10H2,1-2H3,(H,15,16). The van der Waals surface area contributed by atoms with Gasteiger partial charge in [-0.2, -0.15) is 0 Å². The molecule has 88 valence electrons. The van der Waals surface area contributed by atoms with E-state index in [0.29, 0.717) is 13.1 Å². The summed E-state index contributed by atoms with van der Waals surface area (Å²) >= 11 is 0. The zero-order chi connectivity index (χ0) is 11.8. The molecule has 1 rings (SSSR count). The summed E-state index contributed by atoms with van der Waals surface area (Å²) in [5, 5.41) is 5.94. The highest BCUT2D eigenvalue weighted by atomic mass is 16.1. The van der Waals surface area contributed by atoms with Crippen molar-refractivity contribution in [2.75, 3.05) is 13.1 Å². The number of rotatable bonds is 6. The summed E-state index contributed by atoms with van der Waals surface area (Å²) < 4.78 is 0. The van der Waals surface area contributed by atoms with Gasteiger partial charge in [0.25, 0.3) is 0 Å². The summed E-state index contributed by atoms with van der Waals surface area (Å²) in [6.07, 6.45) is 1.05. The molecule has 3 nitrogen and oxygen atoms in total. The molecule has 0 bridgehead atoms. The number of nitrogens with one attached hydrogen (secondary N) is 2. The zero-order valence-corrected chi connectivity index (χ0v) is 10.0. The van der Waals surface area contributed by atoms with Gasteiger partial charge in [-0.05, 0) is 25.5 Å². The van der Waals surface area contributed by atoms with Gasteiger partial charge in [0, 0.05) is 6.54 Å². The van der Waals surface area contributed by atoms with Gasteiger partial charge in [-0.25, -0.2) is 0 Å². The molecule has 0 saturated heterocycles. The van der Waals surface area contributed by atoms with E-state index < -0.39 is 0 Å². The first-order chi connectivity index (χ1) is 7.72. The summed E-state index contributed by atoms with van der Waals surface area (Å²) in [5.41, 5.74) is 2.37. The number of aryl methyl sites for hydroxylation is 1. The minimum atomic E-state index is 0.0500. The van der Waals surface area contributed by atoms with E-state index >= 15 is 0 Å². The Hall–Kier alpha value is -1.35. The summed E-state index contributed by atoms with van der Waals surface area (Å²) in [6.45, 7) is 6.03. The van der Waals surface area contributed by atoms with Crippen molar-refractivity contribution in [1.29, 1.82) is 0 Å². The molecule has 3 heteroatoms. The zero-order valence-electron chi connectivity index (χ0n) is 10.0. The Balaban J connectivity index is 2.23. The monoisotopic (exact) mass is 220 g/mol. The van der Waals surface area contributed by atoms with E-state index in [0.717, 1.165) is 18.5 Å². The average Bonchev–Trinajstić information content (AvgIpc) is 2.29. The number of carbonyl (C=O) groups excluding carboxylic acids is 1. The fourth-order valence-electron chi connectivity index (χ4n) is 1.35. The van der Waals surface area contributed by atoms with Crippen molar-refractivity contribution in [2.45, 2.75) is 26.8 Å². The van der Waals surface area contributed by atoms with Crippen LogP contribution in [-0.2, 0) is 11.3 Å². The summed E-state index contributed by atoms with van der Waals surface area (Å²) in [7, 11) is 0. The van der Waals surface area contributed by atoms with Crippen molar-refractivity contribution in [2.24, 2.45) is 0 Å². The van der Waals surface area contributed by atoms with Gasteiger partial charge in [0.1, 0.15) is 0 Å². The lowest BCUT2D eigenvalue weighted by atomic mass is 10.1. The Labute approximate surface area is 97.2 Å². The van der Waals surface area contributed by atoms with Crippen LogP contribution in [-0.4, -0.2) is 19.0 Å². The van der Waals surface area contributed by atoms with Crippen LogP contribution < -0.4 is 10.6 Å². The van der Waals surface area contributed by atoms with E-state index in [1.54, 1.807) is 0 Å². The minimum absolute atomic E-state index is 0.0500. The predicted molar refractivity (Wildman–Crippen MR) is 66.2 cm³/mol. The molecule has 0 fully saturated rings. The maximum Gasteiger partial charge on any atom is 0.234 e. The molecule has 0 aliphatic carbocycles. The van der Waals surface area contributed by atoms with Crippen LogP contribution in [0, 0.1) is 6.92 Å². The number of carbonyl (C=O) groups is 1. The van der Waals surface area contributed by atoms with Crippen LogP contribution in [0.15, 0.2) is 24.3 Å². The smallest absolute Gasteiger partial charge is 0.234 e. The van der Waals surface area contributed by atoms with Crippen LogP contribution in [0.5, 0.6) is 0 Å². The number of hydrogen-bond donors (Lipinski definition) is 2. The average molecular weight is 220 g/mol. The molecule has 0 heterocycles. The predicted octanol–water partition coefficient (Wildman–Crippen LogP) is 1.61. The maximum absolute atomic E-state index is 11.4. The normalized spacial score (nSPS) is 10.1. The Morgan fingerprint density at radius 1 is 1.25 bits per heavy atom. The first-order valence-electron chi connectivity index (χ1n) is 5.75. The molecule has 0 saturated carbocycles. The second-order valence-electron chi connectivity index (χ2n) is 3.94. The van der Waals surface area contributed by atoms with E-state index in [1.807, 2.05) is 12.1 Å². The minimum Gasteiger partial charge on any atom is -0.351 e. The Kier molecular flexibility index (Phi) is 5.57. The van der Waals surface area contributed by atoms with Crippen molar-refractivity contribution in [3.05, 3.63) is 35.4 Å². The van der Waals surface area contributed by atoms with Crippen molar-refractivity contribution in [3.8, 4) is 0 Å². The van der Waals surface area contributed by atoms with Crippen LogP contribution in [0.4, 0.5) is 0 Å². The van der Waals surface area contributed by atoms with Crippen LogP contribution in [0.1, 0.15) is 24.5 Å². The van der Waals surface area contributed by atoms with Crippen LogP contribution >= 0.6 is 0 Å². The Bertz CT molecular complexity index is 319. The topological polar surface area (TPSA) is 41.1 Å². The first kappa shape index (κ1) is 12.7. The van der Waals surface area contributed by atoms with Crippen molar-refractivity contribution in [3.63, 3.8) is 0 Å². The van der Waals surface area contributed by atoms with Crippen LogP contribution in [0.2, 0.25) is 0 Å². The molecule has 1 aromatic rings. The Morgan fingerprint density at radius 3 is 2.56 bits per heavy atom. The van der Waals surface area contributed by atoms with Crippen LogP contribution in [0.3, 0.4) is 0 Å². The first-order valence-corrected chi connectivity index (χ1v) is 5.75. The lowest BCUT2D eigenvalue weighted by molar-refractivity contribution is -0.120. The van der Waals surface area contributed by atoms with Gasteiger partial charge in [0.2, 0.25) is 5.91 Å². The van der Waals surface area contributed by atoms with Crippen molar-refractivity contribution < 1.29 is 4.79 Å². The molecule has 0 aliphatic heterocycles. The molecular weight excluding hydrogens is 200 g/mol. The third-order valence-electron chi connectivity index (χ3n) is 2.32. The summed E-state index contributed by atoms with van der Waals surface area (Å²) in [6, 6.07) is 8.18. The summed E-state index contributed by atoms with van der Waals surface area (Å²) in [5.74, 6) is 0.0500. The third-order valence-corrected chi connectivity index (χ3v) is 2.32. The Morgan fingerprint density at radius 2 is 1.94 bits per heavy atom. The fraction of sp³-hybridized carbons (Fsp3) is 0.462. The molecule has 0 spiro atoms. The van der Waals surface area contributed by atoms with E-state index in [9.17, 15) is 4.79 Å². The molecule has 0 aliphatic rings. The molecule has 1 amide bonds. The van der Waals surface area contributed by atoms with Gasteiger partial charge in [-0.15, -0.1) is 0 Å². The maximum atomic E-state index is 11.4. The van der Waals surface area contributed by atoms with Gasteiger partial charge >= 0.3 is 0 Å². The molecule has 16 heavy (non-hydrogen) atoms. The second kappa shape index (κ2) is 7.01. The molecule has 0 aromatic heterocycles. The van der Waals surface area contributed by atoms with Crippen molar-refractivity contribution in [1.82, 2.24) is 10.6 Å². The van der Waals surface area contributed by atoms with E-state index in [1.165, 1.54) is 5.56 Å². The van der Waals surface area contributed by atoms with E-state index in [-0.39, 0.29) is 5.91 Å². The lowest BCUT2D eigenvalue weighted by Gasteiger charge is -2.06. The van der Waals surface area contributed by atoms with Gasteiger partial charge in [-0.3, -0.25) is 4.79 Å². The molecule has 0 atom stereocenters. The highest BCUT2D eigenvalue weighted by Gasteiger charge is 1.99. The molecule has 0 unspecified atom stereocenters. The van der Waals surface area contributed by atoms with Gasteiger partial charge in [0.15, 0.2) is 0 Å². The third kappa shape index (κ3) is 4.94. The summed E-state index contributed by atoms with van der Waals surface area (Å²) in [4.78, 5) is 11.4. The van der Waals surface area contributed by atoms with Gasteiger partial charge < -0.3 is 10.6 Å². The number of hydrogen-bond acceptors (Lipinski definition) is 2. The highest BCUT2D eigenvalue weighted by molar-refractivity contribution is 5.77. The van der Waals surface area contributed by atoms with E-state index in [4.69, 9.17) is 0 Å². The molecule has 2 N–H and O–H groups in total. The van der Waals surface area contributed by atoms with Crippen molar-refractivity contribution >= 4 is 5.91 Å². The highest BCUT2D eigenvalue weighted by Crippen LogP contribution is 2.02. The van der Waals surface area contributed by atoms with E-state index in [2.05, 4.69) is 36.6 Å². The van der Waals surface area contributed by atoms with Crippen LogP contribution in [0.25, 0.3) is 0 Å². The molecule has 1 aromatic carbocycles. The molecular formula is C13H20N2O. The quantitative estimate of drug-likeness (QED) is 0.715.